The van der Waals surface area contributed by atoms with Crippen LogP contribution in [0, 0.1) is 5.82 Å². The lowest BCUT2D eigenvalue weighted by molar-refractivity contribution is -0.0451. The molecule has 11 nitrogen and oxygen atoms in total. The number of aromatic nitrogens is 6. The van der Waals surface area contributed by atoms with E-state index in [1.165, 1.54) is 29.4 Å². The van der Waals surface area contributed by atoms with Crippen molar-refractivity contribution in [1.29, 1.82) is 0 Å². The van der Waals surface area contributed by atoms with Crippen molar-refractivity contribution < 1.29 is 23.9 Å². The van der Waals surface area contributed by atoms with E-state index in [1.54, 1.807) is 6.07 Å². The van der Waals surface area contributed by atoms with Gasteiger partial charge in [0.05, 0.1) is 12.0 Å². The fraction of sp³-hybridized carbons (Fsp3) is 0.350. The smallest absolute Gasteiger partial charge is 0.258 e. The zero-order chi connectivity index (χ0) is 22.7. The normalized spacial score (nSPS) is 25.1. The van der Waals surface area contributed by atoms with Gasteiger partial charge in [0.15, 0.2) is 35.1 Å². The molecule has 4 heterocycles. The second-order valence-electron chi connectivity index (χ2n) is 7.99. The molecular weight excluding hydrogens is 457 g/mol. The Balaban J connectivity index is 1.30. The summed E-state index contributed by atoms with van der Waals surface area (Å²) in [5, 5.41) is 28.3. The first-order chi connectivity index (χ1) is 16.0. The zero-order valence-electron chi connectivity index (χ0n) is 16.8. The van der Waals surface area contributed by atoms with E-state index in [0.717, 1.165) is 12.8 Å². The van der Waals surface area contributed by atoms with Crippen LogP contribution in [0.25, 0.3) is 11.2 Å². The predicted octanol–water partition coefficient (Wildman–Crippen LogP) is 2.61. The van der Waals surface area contributed by atoms with Crippen LogP contribution in [0.15, 0.2) is 35.4 Å². The highest BCUT2D eigenvalue weighted by Gasteiger charge is 2.48. The first kappa shape index (κ1) is 20.4. The number of hydrogen-bond donors (Lipinski definition) is 3. The molecule has 1 aliphatic heterocycles. The number of benzene rings is 1. The highest BCUT2D eigenvalue weighted by molar-refractivity contribution is 6.30. The summed E-state index contributed by atoms with van der Waals surface area (Å²) in [5.41, 5.74) is 0.779. The van der Waals surface area contributed by atoms with Gasteiger partial charge < -0.3 is 24.8 Å². The summed E-state index contributed by atoms with van der Waals surface area (Å²) in [6, 6.07) is 4.20. The summed E-state index contributed by atoms with van der Waals surface area (Å²) in [7, 11) is 0. The van der Waals surface area contributed by atoms with Crippen molar-refractivity contribution in [3.8, 4) is 0 Å². The van der Waals surface area contributed by atoms with Gasteiger partial charge in [-0.25, -0.2) is 19.3 Å². The summed E-state index contributed by atoms with van der Waals surface area (Å²) < 4.78 is 26.9. The van der Waals surface area contributed by atoms with Crippen molar-refractivity contribution in [2.75, 3.05) is 5.32 Å². The van der Waals surface area contributed by atoms with Crippen LogP contribution in [0.4, 0.5) is 15.9 Å². The van der Waals surface area contributed by atoms with Crippen LogP contribution in [0.1, 0.15) is 42.8 Å². The van der Waals surface area contributed by atoms with Crippen molar-refractivity contribution >= 4 is 34.3 Å². The lowest BCUT2D eigenvalue weighted by Gasteiger charge is -2.16. The number of anilines is 2. The van der Waals surface area contributed by atoms with Gasteiger partial charge in [-0.1, -0.05) is 16.8 Å². The van der Waals surface area contributed by atoms with Gasteiger partial charge in [0, 0.05) is 10.9 Å². The maximum atomic E-state index is 14.2. The van der Waals surface area contributed by atoms with Gasteiger partial charge in [-0.15, -0.1) is 0 Å². The lowest BCUT2D eigenvalue weighted by atomic mass is 10.1. The molecule has 0 amide bonds. The van der Waals surface area contributed by atoms with Gasteiger partial charge in [0.25, 0.3) is 5.89 Å². The van der Waals surface area contributed by atoms with Crippen LogP contribution in [0.2, 0.25) is 5.02 Å². The summed E-state index contributed by atoms with van der Waals surface area (Å²) in [5.74, 6) is 0.637. The van der Waals surface area contributed by atoms with Crippen LogP contribution < -0.4 is 5.32 Å². The molecule has 33 heavy (non-hydrogen) atoms. The Morgan fingerprint density at radius 3 is 2.79 bits per heavy atom. The molecule has 4 aromatic rings. The van der Waals surface area contributed by atoms with Crippen molar-refractivity contribution in [3.05, 3.63) is 53.4 Å². The molecule has 170 valence electrons. The van der Waals surface area contributed by atoms with E-state index >= 15 is 0 Å². The molecule has 2 aliphatic rings. The lowest BCUT2D eigenvalue weighted by Crippen LogP contribution is -2.29. The van der Waals surface area contributed by atoms with Crippen molar-refractivity contribution in [2.24, 2.45) is 0 Å². The topological polar surface area (TPSA) is 144 Å². The fourth-order valence-corrected chi connectivity index (χ4v) is 3.97. The standard InChI is InChI=1S/C20H17ClFN7O4/c21-9-3-4-11(10(22)5-9)26-17-12-18(24-6-23-17)29(7-25-12)20-14(31)13(30)15(32-20)19-27-16(28-33-19)8-1-2-8/h3-8,13-15,20,30-31H,1-2H2,(H,23,24,26)/t13-,14+,15-,20+/m0/s1. The number of nitrogens with zero attached hydrogens (tertiary/aromatic N) is 6. The fourth-order valence-electron chi connectivity index (χ4n) is 3.81. The van der Waals surface area contributed by atoms with E-state index < -0.39 is 30.4 Å². The van der Waals surface area contributed by atoms with Gasteiger partial charge in [-0.3, -0.25) is 4.57 Å². The second kappa shape index (κ2) is 7.70. The second-order valence-corrected chi connectivity index (χ2v) is 8.43. The highest BCUT2D eigenvalue weighted by atomic mass is 35.5. The van der Waals surface area contributed by atoms with Gasteiger partial charge in [-0.05, 0) is 31.0 Å². The molecule has 2 fully saturated rings. The van der Waals surface area contributed by atoms with Crippen LogP contribution in [-0.4, -0.2) is 52.1 Å². The monoisotopic (exact) mass is 473 g/mol. The molecule has 3 N–H and O–H groups in total. The summed E-state index contributed by atoms with van der Waals surface area (Å²) >= 11 is 5.81. The Morgan fingerprint density at radius 1 is 1.15 bits per heavy atom. The van der Waals surface area contributed by atoms with Crippen LogP contribution >= 0.6 is 11.6 Å². The maximum absolute atomic E-state index is 14.2. The number of nitrogens with one attached hydrogen (secondary N) is 1. The molecule has 1 saturated heterocycles. The van der Waals surface area contributed by atoms with Crippen molar-refractivity contribution in [1.82, 2.24) is 29.7 Å². The maximum Gasteiger partial charge on any atom is 0.258 e. The third-order valence-corrected chi connectivity index (χ3v) is 5.93. The average Bonchev–Trinajstić information content (AvgIpc) is 3.25. The van der Waals surface area contributed by atoms with E-state index in [-0.39, 0.29) is 28.3 Å². The Morgan fingerprint density at radius 2 is 2.00 bits per heavy atom. The molecule has 3 aromatic heterocycles. The Labute approximate surface area is 190 Å². The Bertz CT molecular complexity index is 1340. The summed E-state index contributed by atoms with van der Waals surface area (Å²) in [6.07, 6.45) is 0.00342. The van der Waals surface area contributed by atoms with Gasteiger partial charge in [-0.2, -0.15) is 4.98 Å². The van der Waals surface area contributed by atoms with Crippen LogP contribution in [0.3, 0.4) is 0 Å². The molecule has 13 heteroatoms. The quantitative estimate of drug-likeness (QED) is 0.395. The first-order valence-corrected chi connectivity index (χ1v) is 10.6. The molecular formula is C20H17ClFN7O4. The van der Waals surface area contributed by atoms with E-state index in [0.29, 0.717) is 17.0 Å². The third kappa shape index (κ3) is 3.51. The van der Waals surface area contributed by atoms with E-state index in [4.69, 9.17) is 20.9 Å². The van der Waals surface area contributed by atoms with E-state index in [9.17, 15) is 14.6 Å². The Hall–Kier alpha value is -3.19. The molecule has 4 atom stereocenters. The number of rotatable bonds is 5. The molecule has 1 aliphatic carbocycles. The summed E-state index contributed by atoms with van der Waals surface area (Å²) in [6.45, 7) is 0. The average molecular weight is 474 g/mol. The van der Waals surface area contributed by atoms with Crippen LogP contribution in [-0.2, 0) is 4.74 Å². The minimum Gasteiger partial charge on any atom is -0.387 e. The predicted molar refractivity (Wildman–Crippen MR) is 111 cm³/mol. The van der Waals surface area contributed by atoms with Crippen molar-refractivity contribution in [3.63, 3.8) is 0 Å². The third-order valence-electron chi connectivity index (χ3n) is 5.70. The van der Waals surface area contributed by atoms with Crippen molar-refractivity contribution in [2.45, 2.75) is 43.3 Å². The van der Waals surface area contributed by atoms with Gasteiger partial charge in [0.1, 0.15) is 24.4 Å². The number of aliphatic hydroxyl groups excluding tert-OH is 2. The summed E-state index contributed by atoms with van der Waals surface area (Å²) in [4.78, 5) is 17.0. The molecule has 1 aromatic carbocycles. The highest BCUT2D eigenvalue weighted by Crippen LogP contribution is 2.42. The number of halogens is 2. The van der Waals surface area contributed by atoms with Gasteiger partial charge >= 0.3 is 0 Å². The minimum atomic E-state index is -1.32. The molecule has 0 radical (unpaired) electrons. The van der Waals surface area contributed by atoms with Crippen LogP contribution in [0.5, 0.6) is 0 Å². The molecule has 6 rings (SSSR count). The number of hydrogen-bond acceptors (Lipinski definition) is 10. The molecule has 0 spiro atoms. The zero-order valence-corrected chi connectivity index (χ0v) is 17.6. The van der Waals surface area contributed by atoms with Gasteiger partial charge in [0.2, 0.25) is 0 Å². The minimum absolute atomic E-state index is 0.102. The Kier molecular flexibility index (Phi) is 4.76. The molecule has 0 unspecified atom stereocenters. The SMILES string of the molecule is O[C@@H]1[C@H](O)[C@@H](c2nc(C3CC3)no2)O[C@H]1n1cnc2c(Nc3ccc(Cl)cc3F)ncnc21. The van der Waals surface area contributed by atoms with E-state index in [2.05, 4.69) is 30.4 Å². The molecule has 0 bridgehead atoms. The number of imidazole rings is 1. The number of ether oxygens (including phenoxy) is 1. The molecule has 1 saturated carbocycles. The largest absolute Gasteiger partial charge is 0.387 e. The van der Waals surface area contributed by atoms with E-state index in [1.807, 2.05) is 0 Å². The number of fused-ring (bicyclic) bond motifs is 1. The first-order valence-electron chi connectivity index (χ1n) is 10.2. The number of aliphatic hydroxyl groups is 2.